The van der Waals surface area contributed by atoms with Crippen LogP contribution in [-0.4, -0.2) is 5.11 Å². The van der Waals surface area contributed by atoms with Gasteiger partial charge >= 0.3 is 0 Å². The van der Waals surface area contributed by atoms with Gasteiger partial charge in [-0.15, -0.1) is 11.3 Å². The lowest BCUT2D eigenvalue weighted by Crippen LogP contribution is -2.27. The molecule has 1 heterocycles. The molecule has 1 N–H and O–H groups in total. The molecule has 15 heavy (non-hydrogen) atoms. The lowest BCUT2D eigenvalue weighted by atomic mass is 9.71. The van der Waals surface area contributed by atoms with Crippen LogP contribution in [0.25, 0.3) is 0 Å². The van der Waals surface area contributed by atoms with E-state index in [2.05, 4.69) is 22.9 Å². The van der Waals surface area contributed by atoms with Gasteiger partial charge in [0.15, 0.2) is 0 Å². The molecule has 3 heteroatoms. The maximum Gasteiger partial charge on any atom is 0.0946 e. The Bertz CT molecular complexity index is 328. The van der Waals surface area contributed by atoms with Crippen molar-refractivity contribution in [3.8, 4) is 0 Å². The van der Waals surface area contributed by atoms with Gasteiger partial charge in [-0.2, -0.15) is 0 Å². The van der Waals surface area contributed by atoms with Crippen molar-refractivity contribution in [1.82, 2.24) is 0 Å². The lowest BCUT2D eigenvalue weighted by molar-refractivity contribution is 0.0103. The van der Waals surface area contributed by atoms with E-state index >= 15 is 0 Å². The molecule has 0 bridgehead atoms. The van der Waals surface area contributed by atoms with Crippen LogP contribution in [0.15, 0.2) is 15.9 Å². The summed E-state index contributed by atoms with van der Waals surface area (Å²) >= 11 is 5.16. The molecule has 0 saturated heterocycles. The van der Waals surface area contributed by atoms with Gasteiger partial charge in [-0.1, -0.05) is 26.2 Å². The number of rotatable bonds is 2. The summed E-state index contributed by atoms with van der Waals surface area (Å²) in [6.07, 6.45) is 5.85. The minimum Gasteiger partial charge on any atom is -0.387 e. The first-order valence-electron chi connectivity index (χ1n) is 5.54. The van der Waals surface area contributed by atoms with Gasteiger partial charge in [-0.05, 0) is 45.6 Å². The highest BCUT2D eigenvalue weighted by Gasteiger charge is 2.36. The third-order valence-electron chi connectivity index (χ3n) is 3.55. The van der Waals surface area contributed by atoms with Gasteiger partial charge in [0, 0.05) is 9.35 Å². The minimum atomic E-state index is -0.299. The predicted molar refractivity (Wildman–Crippen MR) is 68.2 cm³/mol. The number of aliphatic hydroxyl groups is 1. The molecular weight excluding hydrogens is 272 g/mol. The van der Waals surface area contributed by atoms with Crippen molar-refractivity contribution in [1.29, 1.82) is 0 Å². The van der Waals surface area contributed by atoms with E-state index in [1.807, 2.05) is 11.4 Å². The molecule has 1 atom stereocenters. The fraction of sp³-hybridized carbons (Fsp3) is 0.667. The molecular formula is C12H17BrOS. The van der Waals surface area contributed by atoms with Gasteiger partial charge < -0.3 is 5.11 Å². The molecule has 1 aliphatic rings. The van der Waals surface area contributed by atoms with Crippen LogP contribution in [0, 0.1) is 5.41 Å². The zero-order valence-corrected chi connectivity index (χ0v) is 11.4. The van der Waals surface area contributed by atoms with E-state index in [4.69, 9.17) is 0 Å². The van der Waals surface area contributed by atoms with Crippen molar-refractivity contribution in [2.45, 2.75) is 45.1 Å². The standard InChI is InChI=1S/C12H17BrOS/c1-12(6-3-2-4-7-12)11(14)10-9(13)5-8-15-10/h5,8,11,14H,2-4,6-7H2,1H3. The first-order valence-corrected chi connectivity index (χ1v) is 7.22. The Balaban J connectivity index is 2.19. The molecule has 0 spiro atoms. The van der Waals surface area contributed by atoms with Crippen LogP contribution in [0.4, 0.5) is 0 Å². The Hall–Kier alpha value is 0.140. The third kappa shape index (κ3) is 2.29. The zero-order valence-electron chi connectivity index (χ0n) is 9.00. The number of halogens is 1. The molecule has 0 radical (unpaired) electrons. The van der Waals surface area contributed by atoms with Gasteiger partial charge in [-0.25, -0.2) is 0 Å². The molecule has 1 aliphatic carbocycles. The summed E-state index contributed by atoms with van der Waals surface area (Å²) < 4.78 is 1.06. The Morgan fingerprint density at radius 3 is 2.60 bits per heavy atom. The Morgan fingerprint density at radius 1 is 1.40 bits per heavy atom. The molecule has 2 rings (SSSR count). The van der Waals surface area contributed by atoms with Crippen LogP contribution < -0.4 is 0 Å². The molecule has 1 nitrogen and oxygen atoms in total. The van der Waals surface area contributed by atoms with E-state index in [1.54, 1.807) is 11.3 Å². The van der Waals surface area contributed by atoms with Crippen LogP contribution in [-0.2, 0) is 0 Å². The highest BCUT2D eigenvalue weighted by Crippen LogP contribution is 2.48. The Kier molecular flexibility index (Phi) is 3.53. The molecule has 1 unspecified atom stereocenters. The maximum atomic E-state index is 10.5. The van der Waals surface area contributed by atoms with Gasteiger partial charge in [0.25, 0.3) is 0 Å². The van der Waals surface area contributed by atoms with Crippen LogP contribution in [0.3, 0.4) is 0 Å². The lowest BCUT2D eigenvalue weighted by Gasteiger charge is -2.37. The van der Waals surface area contributed by atoms with Crippen molar-refractivity contribution in [2.75, 3.05) is 0 Å². The van der Waals surface area contributed by atoms with E-state index < -0.39 is 0 Å². The van der Waals surface area contributed by atoms with Gasteiger partial charge in [0.2, 0.25) is 0 Å². The molecule has 1 aromatic rings. The topological polar surface area (TPSA) is 20.2 Å². The summed E-state index contributed by atoms with van der Waals surface area (Å²) in [5, 5.41) is 12.5. The van der Waals surface area contributed by atoms with Crippen molar-refractivity contribution >= 4 is 27.3 Å². The second-order valence-corrected chi connectivity index (χ2v) is 6.55. The minimum absolute atomic E-state index is 0.0889. The molecule has 84 valence electrons. The zero-order chi connectivity index (χ0) is 10.9. The summed E-state index contributed by atoms with van der Waals surface area (Å²) in [6.45, 7) is 2.23. The SMILES string of the molecule is CC1(C(O)c2sccc2Br)CCCCC1. The van der Waals surface area contributed by atoms with Crippen molar-refractivity contribution in [3.05, 3.63) is 20.8 Å². The van der Waals surface area contributed by atoms with Crippen LogP contribution in [0.2, 0.25) is 0 Å². The number of hydrogen-bond donors (Lipinski definition) is 1. The Labute approximate surface area is 104 Å². The fourth-order valence-corrected chi connectivity index (χ4v) is 4.20. The average molecular weight is 289 g/mol. The van der Waals surface area contributed by atoms with Crippen LogP contribution >= 0.6 is 27.3 Å². The monoisotopic (exact) mass is 288 g/mol. The third-order valence-corrected chi connectivity index (χ3v) is 5.47. The van der Waals surface area contributed by atoms with E-state index in [0.717, 1.165) is 22.2 Å². The number of hydrogen-bond acceptors (Lipinski definition) is 2. The van der Waals surface area contributed by atoms with Crippen molar-refractivity contribution in [3.63, 3.8) is 0 Å². The van der Waals surface area contributed by atoms with Crippen LogP contribution in [0.5, 0.6) is 0 Å². The first kappa shape index (κ1) is 11.6. The molecule has 1 saturated carbocycles. The fourth-order valence-electron chi connectivity index (χ4n) is 2.45. The first-order chi connectivity index (χ1) is 7.13. The molecule has 0 aliphatic heterocycles. The van der Waals surface area contributed by atoms with Crippen molar-refractivity contribution < 1.29 is 5.11 Å². The smallest absolute Gasteiger partial charge is 0.0946 e. The van der Waals surface area contributed by atoms with E-state index in [1.165, 1.54) is 19.3 Å². The normalized spacial score (nSPS) is 22.6. The average Bonchev–Trinajstić information content (AvgIpc) is 2.64. The van der Waals surface area contributed by atoms with Crippen LogP contribution in [0.1, 0.15) is 50.0 Å². The number of thiophene rings is 1. The predicted octanol–water partition coefficient (Wildman–Crippen LogP) is 4.51. The molecule has 0 amide bonds. The highest BCUT2D eigenvalue weighted by atomic mass is 79.9. The second-order valence-electron chi connectivity index (χ2n) is 4.75. The second kappa shape index (κ2) is 4.56. The highest BCUT2D eigenvalue weighted by molar-refractivity contribution is 9.10. The number of aliphatic hydroxyl groups excluding tert-OH is 1. The Morgan fingerprint density at radius 2 is 2.07 bits per heavy atom. The van der Waals surface area contributed by atoms with E-state index in [9.17, 15) is 5.11 Å². The van der Waals surface area contributed by atoms with Gasteiger partial charge in [0.1, 0.15) is 0 Å². The summed E-state index contributed by atoms with van der Waals surface area (Å²) in [5.41, 5.74) is 0.0889. The largest absolute Gasteiger partial charge is 0.387 e. The van der Waals surface area contributed by atoms with E-state index in [0.29, 0.717) is 0 Å². The molecule has 0 aromatic carbocycles. The molecule has 1 fully saturated rings. The van der Waals surface area contributed by atoms with E-state index in [-0.39, 0.29) is 11.5 Å². The summed E-state index contributed by atoms with van der Waals surface area (Å²) in [5.74, 6) is 0. The quantitative estimate of drug-likeness (QED) is 0.849. The van der Waals surface area contributed by atoms with Gasteiger partial charge in [0.05, 0.1) is 6.10 Å². The summed E-state index contributed by atoms with van der Waals surface area (Å²) in [6, 6.07) is 2.02. The maximum absolute atomic E-state index is 10.5. The summed E-state index contributed by atoms with van der Waals surface area (Å²) in [7, 11) is 0. The van der Waals surface area contributed by atoms with Gasteiger partial charge in [-0.3, -0.25) is 0 Å². The summed E-state index contributed by atoms with van der Waals surface area (Å²) in [4.78, 5) is 1.10. The van der Waals surface area contributed by atoms with Crippen molar-refractivity contribution in [2.24, 2.45) is 5.41 Å². The molecule has 1 aromatic heterocycles.